The SMILES string of the molecule is COc1c(C)c(C)c(Cl)c(C)c1C(=O)Cl. The Morgan fingerprint density at radius 2 is 1.67 bits per heavy atom. The second-order valence-corrected chi connectivity index (χ2v) is 4.09. The zero-order chi connectivity index (χ0) is 11.7. The lowest BCUT2D eigenvalue weighted by molar-refractivity contribution is 0.107. The van der Waals surface area contributed by atoms with Gasteiger partial charge >= 0.3 is 0 Å². The average molecular weight is 247 g/mol. The first-order chi connectivity index (χ1) is 6.91. The summed E-state index contributed by atoms with van der Waals surface area (Å²) in [4.78, 5) is 11.3. The van der Waals surface area contributed by atoms with Gasteiger partial charge in [0.15, 0.2) is 0 Å². The van der Waals surface area contributed by atoms with Gasteiger partial charge in [0, 0.05) is 5.02 Å². The second kappa shape index (κ2) is 4.42. The third-order valence-electron chi connectivity index (χ3n) is 2.56. The van der Waals surface area contributed by atoms with E-state index in [4.69, 9.17) is 27.9 Å². The minimum absolute atomic E-state index is 0.354. The minimum atomic E-state index is -0.547. The monoisotopic (exact) mass is 246 g/mol. The van der Waals surface area contributed by atoms with Crippen molar-refractivity contribution in [1.29, 1.82) is 0 Å². The van der Waals surface area contributed by atoms with Crippen LogP contribution in [0.2, 0.25) is 5.02 Å². The van der Waals surface area contributed by atoms with E-state index in [1.807, 2.05) is 13.8 Å². The van der Waals surface area contributed by atoms with Crippen LogP contribution in [0.15, 0.2) is 0 Å². The van der Waals surface area contributed by atoms with Gasteiger partial charge in [-0.25, -0.2) is 0 Å². The Morgan fingerprint density at radius 1 is 1.13 bits per heavy atom. The second-order valence-electron chi connectivity index (χ2n) is 3.37. The van der Waals surface area contributed by atoms with Gasteiger partial charge in [-0.15, -0.1) is 0 Å². The highest BCUT2D eigenvalue weighted by atomic mass is 35.5. The van der Waals surface area contributed by atoms with Gasteiger partial charge in [0.2, 0.25) is 0 Å². The topological polar surface area (TPSA) is 26.3 Å². The molecule has 2 nitrogen and oxygen atoms in total. The first kappa shape index (κ1) is 12.3. The summed E-state index contributed by atoms with van der Waals surface area (Å²) in [6, 6.07) is 0. The van der Waals surface area contributed by atoms with Crippen molar-refractivity contribution in [2.24, 2.45) is 0 Å². The summed E-state index contributed by atoms with van der Waals surface area (Å²) in [5.74, 6) is 0.509. The molecule has 0 aromatic heterocycles. The molecule has 0 bridgehead atoms. The molecule has 0 radical (unpaired) electrons. The fraction of sp³-hybridized carbons (Fsp3) is 0.364. The van der Waals surface area contributed by atoms with E-state index in [0.29, 0.717) is 21.9 Å². The summed E-state index contributed by atoms with van der Waals surface area (Å²) in [5.41, 5.74) is 2.77. The van der Waals surface area contributed by atoms with E-state index in [1.165, 1.54) is 7.11 Å². The largest absolute Gasteiger partial charge is 0.496 e. The van der Waals surface area contributed by atoms with E-state index in [1.54, 1.807) is 6.92 Å². The first-order valence-electron chi connectivity index (χ1n) is 4.44. The van der Waals surface area contributed by atoms with E-state index >= 15 is 0 Å². The van der Waals surface area contributed by atoms with Crippen LogP contribution in [0.25, 0.3) is 0 Å². The lowest BCUT2D eigenvalue weighted by atomic mass is 9.99. The van der Waals surface area contributed by atoms with Crippen LogP contribution >= 0.6 is 23.2 Å². The van der Waals surface area contributed by atoms with Gasteiger partial charge in [-0.3, -0.25) is 4.79 Å². The zero-order valence-corrected chi connectivity index (χ0v) is 10.6. The van der Waals surface area contributed by atoms with Crippen molar-refractivity contribution in [3.8, 4) is 5.75 Å². The molecule has 0 amide bonds. The molecule has 0 saturated heterocycles. The molecule has 0 aliphatic carbocycles. The van der Waals surface area contributed by atoms with Crippen molar-refractivity contribution < 1.29 is 9.53 Å². The molecule has 0 unspecified atom stereocenters. The number of ether oxygens (including phenoxy) is 1. The minimum Gasteiger partial charge on any atom is -0.496 e. The molecule has 0 saturated carbocycles. The highest BCUT2D eigenvalue weighted by Gasteiger charge is 2.20. The smallest absolute Gasteiger partial charge is 0.256 e. The van der Waals surface area contributed by atoms with Crippen LogP contribution < -0.4 is 4.74 Å². The van der Waals surface area contributed by atoms with Crippen LogP contribution in [0, 0.1) is 20.8 Å². The van der Waals surface area contributed by atoms with Crippen molar-refractivity contribution in [3.63, 3.8) is 0 Å². The summed E-state index contributed by atoms with van der Waals surface area (Å²) in [6.07, 6.45) is 0. The van der Waals surface area contributed by atoms with Crippen molar-refractivity contribution in [2.45, 2.75) is 20.8 Å². The standard InChI is InChI=1S/C11H12Cl2O2/c1-5-6(2)10(15-4)8(11(13)14)7(3)9(5)12/h1-4H3. The molecule has 0 atom stereocenters. The Kier molecular flexibility index (Phi) is 3.63. The summed E-state index contributed by atoms with van der Waals surface area (Å²) in [6.45, 7) is 5.49. The van der Waals surface area contributed by atoms with Gasteiger partial charge in [0.1, 0.15) is 5.75 Å². The molecular weight excluding hydrogens is 235 g/mol. The zero-order valence-electron chi connectivity index (χ0n) is 9.07. The molecule has 4 heteroatoms. The van der Waals surface area contributed by atoms with Gasteiger partial charge in [0.25, 0.3) is 5.24 Å². The van der Waals surface area contributed by atoms with E-state index in [0.717, 1.165) is 11.1 Å². The van der Waals surface area contributed by atoms with Crippen molar-refractivity contribution >= 4 is 28.4 Å². The van der Waals surface area contributed by atoms with Crippen LogP contribution in [0.1, 0.15) is 27.0 Å². The predicted octanol–water partition coefficient (Wildman–Crippen LogP) is 3.65. The summed E-state index contributed by atoms with van der Waals surface area (Å²) >= 11 is 11.6. The molecule has 15 heavy (non-hydrogen) atoms. The maximum Gasteiger partial charge on any atom is 0.256 e. The van der Waals surface area contributed by atoms with Crippen LogP contribution in [0.3, 0.4) is 0 Å². The van der Waals surface area contributed by atoms with Gasteiger partial charge in [-0.05, 0) is 49.1 Å². The fourth-order valence-electron chi connectivity index (χ4n) is 1.58. The number of benzene rings is 1. The third kappa shape index (κ3) is 1.97. The Balaban J connectivity index is 3.70. The highest BCUT2D eigenvalue weighted by Crippen LogP contribution is 2.36. The Labute approximate surface area is 99.1 Å². The third-order valence-corrected chi connectivity index (χ3v) is 3.32. The number of hydrogen-bond donors (Lipinski definition) is 0. The van der Waals surface area contributed by atoms with Crippen molar-refractivity contribution in [1.82, 2.24) is 0 Å². The predicted molar refractivity (Wildman–Crippen MR) is 62.4 cm³/mol. The van der Waals surface area contributed by atoms with Crippen LogP contribution in [0.4, 0.5) is 0 Å². The molecule has 0 aliphatic heterocycles. The number of rotatable bonds is 2. The maximum absolute atomic E-state index is 11.3. The Hall–Kier alpha value is -0.730. The molecule has 0 aliphatic rings. The molecular formula is C11H12Cl2O2. The maximum atomic E-state index is 11.3. The molecule has 1 aromatic carbocycles. The van der Waals surface area contributed by atoms with Crippen molar-refractivity contribution in [2.75, 3.05) is 7.11 Å². The normalized spacial score (nSPS) is 10.3. The van der Waals surface area contributed by atoms with Crippen LogP contribution in [0.5, 0.6) is 5.75 Å². The van der Waals surface area contributed by atoms with Crippen molar-refractivity contribution in [3.05, 3.63) is 27.3 Å². The van der Waals surface area contributed by atoms with E-state index < -0.39 is 5.24 Å². The Morgan fingerprint density at radius 3 is 2.07 bits per heavy atom. The molecule has 0 spiro atoms. The summed E-state index contributed by atoms with van der Waals surface area (Å²) < 4.78 is 5.19. The molecule has 0 N–H and O–H groups in total. The van der Waals surface area contributed by atoms with E-state index in [2.05, 4.69) is 0 Å². The molecule has 0 fully saturated rings. The van der Waals surface area contributed by atoms with Crippen LogP contribution in [-0.4, -0.2) is 12.4 Å². The average Bonchev–Trinajstić information content (AvgIpc) is 2.19. The van der Waals surface area contributed by atoms with Crippen LogP contribution in [-0.2, 0) is 0 Å². The number of methoxy groups -OCH3 is 1. The first-order valence-corrected chi connectivity index (χ1v) is 5.20. The lowest BCUT2D eigenvalue weighted by Gasteiger charge is -2.15. The van der Waals surface area contributed by atoms with E-state index in [-0.39, 0.29) is 0 Å². The van der Waals surface area contributed by atoms with Gasteiger partial charge < -0.3 is 4.74 Å². The number of carbonyl (C=O) groups excluding carboxylic acids is 1. The lowest BCUT2D eigenvalue weighted by Crippen LogP contribution is -2.04. The number of carbonyl (C=O) groups is 1. The van der Waals surface area contributed by atoms with Gasteiger partial charge in [-0.1, -0.05) is 11.6 Å². The highest BCUT2D eigenvalue weighted by molar-refractivity contribution is 6.68. The fourth-order valence-corrected chi connectivity index (χ4v) is 2.04. The Bertz CT molecular complexity index is 425. The van der Waals surface area contributed by atoms with E-state index in [9.17, 15) is 4.79 Å². The molecule has 1 aromatic rings. The molecule has 1 rings (SSSR count). The van der Waals surface area contributed by atoms with Gasteiger partial charge in [0.05, 0.1) is 12.7 Å². The number of halogens is 2. The summed E-state index contributed by atoms with van der Waals surface area (Å²) in [7, 11) is 1.51. The molecule has 82 valence electrons. The van der Waals surface area contributed by atoms with Gasteiger partial charge in [-0.2, -0.15) is 0 Å². The quantitative estimate of drug-likeness (QED) is 0.745. The number of hydrogen-bond acceptors (Lipinski definition) is 2. The molecule has 0 heterocycles. The summed E-state index contributed by atoms with van der Waals surface area (Å²) in [5, 5.41) is 0.0200.